The van der Waals surface area contributed by atoms with E-state index in [9.17, 15) is 0 Å². The summed E-state index contributed by atoms with van der Waals surface area (Å²) in [6.07, 6.45) is 4.55. The summed E-state index contributed by atoms with van der Waals surface area (Å²) in [4.78, 5) is 4.37. The van der Waals surface area contributed by atoms with Gasteiger partial charge in [-0.05, 0) is 24.8 Å². The van der Waals surface area contributed by atoms with Crippen LogP contribution in [-0.2, 0) is 0 Å². The van der Waals surface area contributed by atoms with Crippen molar-refractivity contribution in [3.8, 4) is 5.75 Å². The lowest BCUT2D eigenvalue weighted by Gasteiger charge is -2.09. The molecular weight excluding hydrogens is 162 g/mol. The maximum Gasteiger partial charge on any atom is 0.122 e. The smallest absolute Gasteiger partial charge is 0.122 e. The van der Waals surface area contributed by atoms with Gasteiger partial charge in [-0.15, -0.1) is 0 Å². The number of hydrogen-bond donors (Lipinski definition) is 0. The fourth-order valence-corrected chi connectivity index (χ4v) is 1.64. The molecule has 1 fully saturated rings. The van der Waals surface area contributed by atoms with Crippen LogP contribution in [0.15, 0.2) is 18.3 Å². The van der Waals surface area contributed by atoms with Gasteiger partial charge in [0, 0.05) is 23.9 Å². The van der Waals surface area contributed by atoms with E-state index in [0.717, 1.165) is 11.7 Å². The topological polar surface area (TPSA) is 22.1 Å². The first-order valence-corrected chi connectivity index (χ1v) is 4.81. The van der Waals surface area contributed by atoms with E-state index in [-0.39, 0.29) is 0 Å². The zero-order valence-corrected chi connectivity index (χ0v) is 8.16. The molecular formula is C11H15NO. The van der Waals surface area contributed by atoms with Crippen molar-refractivity contribution in [1.82, 2.24) is 4.98 Å². The van der Waals surface area contributed by atoms with Crippen molar-refractivity contribution in [1.29, 1.82) is 0 Å². The minimum atomic E-state index is 0.593. The van der Waals surface area contributed by atoms with Crippen LogP contribution in [0, 0.1) is 5.92 Å². The molecule has 13 heavy (non-hydrogen) atoms. The predicted molar refractivity (Wildman–Crippen MR) is 51.9 cm³/mol. The number of ether oxygens (including phenoxy) is 1. The van der Waals surface area contributed by atoms with Gasteiger partial charge in [-0.25, -0.2) is 0 Å². The average Bonchev–Trinajstić information content (AvgIpc) is 3.00. The summed E-state index contributed by atoms with van der Waals surface area (Å²) in [5.74, 6) is 2.37. The van der Waals surface area contributed by atoms with Crippen molar-refractivity contribution in [2.75, 3.05) is 7.11 Å². The Hall–Kier alpha value is -1.05. The second kappa shape index (κ2) is 3.36. The van der Waals surface area contributed by atoms with Gasteiger partial charge in [-0.2, -0.15) is 0 Å². The summed E-state index contributed by atoms with van der Waals surface area (Å²) in [7, 11) is 1.70. The fourth-order valence-electron chi connectivity index (χ4n) is 1.64. The Kier molecular flexibility index (Phi) is 2.21. The Morgan fingerprint density at radius 3 is 2.92 bits per heavy atom. The van der Waals surface area contributed by atoms with Gasteiger partial charge in [0.15, 0.2) is 0 Å². The molecule has 70 valence electrons. The molecule has 0 aromatic carbocycles. The van der Waals surface area contributed by atoms with E-state index in [2.05, 4.69) is 11.9 Å². The Morgan fingerprint density at radius 1 is 1.54 bits per heavy atom. The van der Waals surface area contributed by atoms with Crippen LogP contribution in [0.25, 0.3) is 0 Å². The lowest BCUT2D eigenvalue weighted by atomic mass is 10.0. The number of rotatable bonds is 3. The molecule has 0 spiro atoms. The summed E-state index contributed by atoms with van der Waals surface area (Å²) in [5.41, 5.74) is 1.17. The highest BCUT2D eigenvalue weighted by Gasteiger charge is 2.29. The fraction of sp³-hybridized carbons (Fsp3) is 0.545. The second-order valence-corrected chi connectivity index (χ2v) is 3.75. The quantitative estimate of drug-likeness (QED) is 0.708. The lowest BCUT2D eigenvalue weighted by molar-refractivity contribution is 0.412. The second-order valence-electron chi connectivity index (χ2n) is 3.75. The molecule has 1 heterocycles. The molecule has 0 amide bonds. The molecule has 1 aliphatic rings. The molecule has 1 atom stereocenters. The molecule has 2 heteroatoms. The minimum absolute atomic E-state index is 0.593. The van der Waals surface area contributed by atoms with Crippen LogP contribution in [0.5, 0.6) is 5.75 Å². The SMILES string of the molecule is COc1ccnc([C@@H](C)C2CC2)c1. The first kappa shape index (κ1) is 8.54. The van der Waals surface area contributed by atoms with E-state index in [4.69, 9.17) is 4.74 Å². The van der Waals surface area contributed by atoms with Crippen molar-refractivity contribution in [2.24, 2.45) is 5.92 Å². The molecule has 2 rings (SSSR count). The Balaban J connectivity index is 2.18. The van der Waals surface area contributed by atoms with E-state index < -0.39 is 0 Å². The lowest BCUT2D eigenvalue weighted by Crippen LogP contribution is -1.99. The first-order chi connectivity index (χ1) is 6.31. The van der Waals surface area contributed by atoms with Gasteiger partial charge in [0.05, 0.1) is 7.11 Å². The zero-order valence-electron chi connectivity index (χ0n) is 8.16. The first-order valence-electron chi connectivity index (χ1n) is 4.81. The third-order valence-corrected chi connectivity index (χ3v) is 2.78. The van der Waals surface area contributed by atoms with Crippen LogP contribution in [0.1, 0.15) is 31.4 Å². The van der Waals surface area contributed by atoms with E-state index in [1.165, 1.54) is 18.5 Å². The molecule has 0 N–H and O–H groups in total. The Bertz CT molecular complexity index is 294. The van der Waals surface area contributed by atoms with Crippen LogP contribution in [0.3, 0.4) is 0 Å². The average molecular weight is 177 g/mol. The predicted octanol–water partition coefficient (Wildman–Crippen LogP) is 2.60. The Morgan fingerprint density at radius 2 is 2.31 bits per heavy atom. The zero-order chi connectivity index (χ0) is 9.26. The summed E-state index contributed by atoms with van der Waals surface area (Å²) in [6.45, 7) is 2.25. The van der Waals surface area contributed by atoms with Crippen LogP contribution in [0.4, 0.5) is 0 Å². The Labute approximate surface area is 78.9 Å². The summed E-state index contributed by atoms with van der Waals surface area (Å²) < 4.78 is 5.17. The maximum atomic E-state index is 5.17. The largest absolute Gasteiger partial charge is 0.497 e. The highest BCUT2D eigenvalue weighted by Crippen LogP contribution is 2.41. The van der Waals surface area contributed by atoms with Gasteiger partial charge in [-0.1, -0.05) is 6.92 Å². The number of methoxy groups -OCH3 is 1. The van der Waals surface area contributed by atoms with E-state index >= 15 is 0 Å². The van der Waals surface area contributed by atoms with Gasteiger partial charge < -0.3 is 4.74 Å². The monoisotopic (exact) mass is 177 g/mol. The van der Waals surface area contributed by atoms with E-state index in [1.807, 2.05) is 18.3 Å². The number of nitrogens with zero attached hydrogens (tertiary/aromatic N) is 1. The van der Waals surface area contributed by atoms with Crippen molar-refractivity contribution >= 4 is 0 Å². The van der Waals surface area contributed by atoms with Crippen LogP contribution < -0.4 is 4.74 Å². The molecule has 2 nitrogen and oxygen atoms in total. The van der Waals surface area contributed by atoms with E-state index in [1.54, 1.807) is 7.11 Å². The highest BCUT2D eigenvalue weighted by atomic mass is 16.5. The maximum absolute atomic E-state index is 5.17. The van der Waals surface area contributed by atoms with Crippen LogP contribution in [0.2, 0.25) is 0 Å². The normalized spacial score (nSPS) is 18.3. The molecule has 0 unspecified atom stereocenters. The number of aromatic nitrogens is 1. The highest BCUT2D eigenvalue weighted by molar-refractivity contribution is 5.25. The van der Waals surface area contributed by atoms with Crippen LogP contribution in [-0.4, -0.2) is 12.1 Å². The molecule has 0 saturated heterocycles. The summed E-state index contributed by atoms with van der Waals surface area (Å²) >= 11 is 0. The van der Waals surface area contributed by atoms with Gasteiger partial charge >= 0.3 is 0 Å². The van der Waals surface area contributed by atoms with Crippen LogP contribution >= 0.6 is 0 Å². The standard InChI is InChI=1S/C11H15NO/c1-8(9-3-4-9)11-7-10(13-2)5-6-12-11/h5-9H,3-4H2,1-2H3/t8-/m0/s1. The number of hydrogen-bond acceptors (Lipinski definition) is 2. The van der Waals surface area contributed by atoms with E-state index in [0.29, 0.717) is 5.92 Å². The van der Waals surface area contributed by atoms with Crippen molar-refractivity contribution in [2.45, 2.75) is 25.7 Å². The third kappa shape index (κ3) is 1.82. The van der Waals surface area contributed by atoms with Crippen molar-refractivity contribution in [3.63, 3.8) is 0 Å². The summed E-state index contributed by atoms with van der Waals surface area (Å²) in [6, 6.07) is 3.94. The van der Waals surface area contributed by atoms with Gasteiger partial charge in [0.2, 0.25) is 0 Å². The molecule has 1 aromatic heterocycles. The molecule has 0 bridgehead atoms. The molecule has 0 radical (unpaired) electrons. The summed E-state index contributed by atoms with van der Waals surface area (Å²) in [5, 5.41) is 0. The molecule has 1 aromatic rings. The van der Waals surface area contributed by atoms with Crippen molar-refractivity contribution < 1.29 is 4.74 Å². The van der Waals surface area contributed by atoms with Crippen molar-refractivity contribution in [3.05, 3.63) is 24.0 Å². The van der Waals surface area contributed by atoms with Gasteiger partial charge in [-0.3, -0.25) is 4.98 Å². The molecule has 1 saturated carbocycles. The number of pyridine rings is 1. The molecule has 0 aliphatic heterocycles. The van der Waals surface area contributed by atoms with Gasteiger partial charge in [0.1, 0.15) is 5.75 Å². The van der Waals surface area contributed by atoms with Gasteiger partial charge in [0.25, 0.3) is 0 Å². The minimum Gasteiger partial charge on any atom is -0.497 e. The molecule has 1 aliphatic carbocycles. The third-order valence-electron chi connectivity index (χ3n) is 2.78.